The van der Waals surface area contributed by atoms with Gasteiger partial charge in [-0.25, -0.2) is 9.13 Å². The Morgan fingerprint density at radius 3 is 0.775 bits per heavy atom. The van der Waals surface area contributed by atoms with Crippen LogP contribution < -0.4 is 0 Å². The van der Waals surface area contributed by atoms with Crippen LogP contribution in [0.2, 0.25) is 0 Å². The van der Waals surface area contributed by atoms with Crippen molar-refractivity contribution in [2.75, 3.05) is 39.6 Å². The lowest BCUT2D eigenvalue weighted by Gasteiger charge is -2.21. The molecule has 5 unspecified atom stereocenters. The van der Waals surface area contributed by atoms with Crippen molar-refractivity contribution in [2.45, 2.75) is 380 Å². The average Bonchev–Trinajstić information content (AvgIpc) is 0.908. The molecule has 3 N–H and O–H groups in total. The first kappa shape index (κ1) is 98.2. The summed E-state index contributed by atoms with van der Waals surface area (Å²) in [6, 6.07) is 0. The second kappa shape index (κ2) is 75.5. The summed E-state index contributed by atoms with van der Waals surface area (Å²) in [6.07, 6.45) is 78.3. The van der Waals surface area contributed by atoms with E-state index >= 15 is 0 Å². The van der Waals surface area contributed by atoms with Crippen LogP contribution in [0.4, 0.5) is 0 Å². The number of aliphatic hydroxyl groups is 1. The standard InChI is InChI=1S/C83H148O17P2/c1-5-9-13-17-21-25-29-33-36-37-38-39-42-45-48-52-56-60-64-68-81(86)94-73-78(99-82(87)69-65-61-57-53-49-43-32-28-24-20-16-12-8-4)75-97-101(89,90)95-71-77(84)72-96-102(91,92)98-76-79(100-83(88)70-66-62-58-54-50-46-41-35-31-27-23-19-15-11-7-3)74-93-80(85)67-63-59-55-51-47-44-40-34-30-26-22-18-14-10-6-2/h21-22,25-26,28,32-36,38-41,77-79,84H,5-20,23-24,27,29-31,37,42-76H2,1-4H3,(H,89,90)(H,91,92)/b25-21-,26-22-,32-28-,36-33-,39-38-,40-34-,41-35-. The minimum absolute atomic E-state index is 0.0829. The number of hydrogen-bond donors (Lipinski definition) is 3. The van der Waals surface area contributed by atoms with E-state index in [4.69, 9.17) is 37.0 Å². The van der Waals surface area contributed by atoms with Gasteiger partial charge in [0, 0.05) is 25.7 Å². The number of ether oxygens (including phenoxy) is 4. The van der Waals surface area contributed by atoms with Crippen LogP contribution in [-0.2, 0) is 65.4 Å². The largest absolute Gasteiger partial charge is 0.472 e. The molecule has 0 amide bonds. The summed E-state index contributed by atoms with van der Waals surface area (Å²) in [4.78, 5) is 73.0. The van der Waals surface area contributed by atoms with E-state index < -0.39 is 97.5 Å². The topological polar surface area (TPSA) is 237 Å². The molecule has 592 valence electrons. The van der Waals surface area contributed by atoms with Crippen molar-refractivity contribution in [3.8, 4) is 0 Å². The molecule has 19 heteroatoms. The highest BCUT2D eigenvalue weighted by Gasteiger charge is 2.30. The molecule has 0 aliphatic rings. The van der Waals surface area contributed by atoms with Gasteiger partial charge in [-0.15, -0.1) is 0 Å². The third kappa shape index (κ3) is 74.5. The summed E-state index contributed by atoms with van der Waals surface area (Å²) in [5.74, 6) is -2.20. The summed E-state index contributed by atoms with van der Waals surface area (Å²) in [6.45, 7) is 4.80. The summed E-state index contributed by atoms with van der Waals surface area (Å²) >= 11 is 0. The van der Waals surface area contributed by atoms with Gasteiger partial charge in [0.25, 0.3) is 0 Å². The van der Waals surface area contributed by atoms with Gasteiger partial charge in [0.05, 0.1) is 26.4 Å². The van der Waals surface area contributed by atoms with Gasteiger partial charge in [-0.05, 0) is 148 Å². The Kier molecular flexibility index (Phi) is 72.7. The van der Waals surface area contributed by atoms with Crippen molar-refractivity contribution < 1.29 is 80.2 Å². The van der Waals surface area contributed by atoms with Gasteiger partial charge in [0.15, 0.2) is 12.2 Å². The predicted octanol–water partition coefficient (Wildman–Crippen LogP) is 23.8. The Morgan fingerprint density at radius 1 is 0.275 bits per heavy atom. The Hall–Kier alpha value is -3.76. The zero-order valence-electron chi connectivity index (χ0n) is 64.8. The highest BCUT2D eigenvalue weighted by molar-refractivity contribution is 7.47. The molecule has 102 heavy (non-hydrogen) atoms. The predicted molar refractivity (Wildman–Crippen MR) is 418 cm³/mol. The molecular formula is C83H148O17P2. The number of phosphoric ester groups is 2. The molecule has 0 bridgehead atoms. The van der Waals surface area contributed by atoms with Gasteiger partial charge in [-0.1, -0.05) is 273 Å². The molecule has 0 heterocycles. The minimum Gasteiger partial charge on any atom is -0.462 e. The number of rotatable bonds is 77. The van der Waals surface area contributed by atoms with Crippen molar-refractivity contribution in [3.63, 3.8) is 0 Å². The molecule has 5 atom stereocenters. The van der Waals surface area contributed by atoms with Gasteiger partial charge in [0.1, 0.15) is 19.3 Å². The van der Waals surface area contributed by atoms with Crippen LogP contribution in [0.25, 0.3) is 0 Å². The highest BCUT2D eigenvalue weighted by atomic mass is 31.2. The molecule has 0 aromatic heterocycles. The number of allylic oxidation sites excluding steroid dienone is 14. The second-order valence-corrected chi connectivity index (χ2v) is 30.3. The van der Waals surface area contributed by atoms with Gasteiger partial charge < -0.3 is 33.8 Å². The fourth-order valence-corrected chi connectivity index (χ4v) is 12.6. The number of aliphatic hydroxyl groups excluding tert-OH is 1. The Morgan fingerprint density at radius 2 is 0.480 bits per heavy atom. The van der Waals surface area contributed by atoms with E-state index in [-0.39, 0.29) is 25.7 Å². The van der Waals surface area contributed by atoms with Gasteiger partial charge in [-0.2, -0.15) is 0 Å². The SMILES string of the molecule is CCCCC/C=C\C/C=C\C/C=C\CCCCCCCCC(=O)OCC(COP(=O)(O)OCC(O)COP(=O)(O)OCC(COC(=O)CCCCCCC/C=C\C/C=C\CCCCC)OC(=O)CCCCCCC/C=C\CCCCCCCC)OC(=O)CCCCCCC/C=C\CCCCCC. The smallest absolute Gasteiger partial charge is 0.462 e. The Labute approximate surface area is 621 Å². The molecule has 0 rings (SSSR count). The molecule has 0 saturated heterocycles. The average molecular weight is 1480 g/mol. The maximum atomic E-state index is 13.1. The monoisotopic (exact) mass is 1480 g/mol. The lowest BCUT2D eigenvalue weighted by atomic mass is 10.1. The van der Waals surface area contributed by atoms with E-state index in [2.05, 4.69) is 113 Å². The van der Waals surface area contributed by atoms with E-state index in [1.165, 1.54) is 103 Å². The number of carbonyl (C=O) groups excluding carboxylic acids is 4. The molecule has 0 aromatic rings. The van der Waals surface area contributed by atoms with Crippen molar-refractivity contribution in [1.29, 1.82) is 0 Å². The highest BCUT2D eigenvalue weighted by Crippen LogP contribution is 2.45. The van der Waals surface area contributed by atoms with Gasteiger partial charge in [0.2, 0.25) is 0 Å². The Balaban J connectivity index is 5.35. The van der Waals surface area contributed by atoms with Crippen molar-refractivity contribution in [2.24, 2.45) is 0 Å². The van der Waals surface area contributed by atoms with Crippen molar-refractivity contribution in [3.05, 3.63) is 85.1 Å². The molecule has 0 fully saturated rings. The van der Waals surface area contributed by atoms with Crippen LogP contribution >= 0.6 is 15.6 Å². The normalized spacial score (nSPS) is 14.3. The molecule has 0 spiro atoms. The van der Waals surface area contributed by atoms with Crippen LogP contribution in [0, 0.1) is 0 Å². The van der Waals surface area contributed by atoms with E-state index in [0.717, 1.165) is 180 Å². The maximum Gasteiger partial charge on any atom is 0.472 e. The fraction of sp³-hybridized carbons (Fsp3) is 0.783. The first-order valence-electron chi connectivity index (χ1n) is 40.8. The lowest BCUT2D eigenvalue weighted by molar-refractivity contribution is -0.161. The fourth-order valence-electron chi connectivity index (χ4n) is 11.0. The molecule has 0 radical (unpaired) electrons. The quantitative estimate of drug-likeness (QED) is 0.0169. The van der Waals surface area contributed by atoms with E-state index in [9.17, 15) is 43.2 Å². The summed E-state index contributed by atoms with van der Waals surface area (Å²) in [5, 5.41) is 10.6. The minimum atomic E-state index is -4.98. The molecule has 0 aliphatic heterocycles. The first-order valence-corrected chi connectivity index (χ1v) is 43.8. The first-order chi connectivity index (χ1) is 49.7. The van der Waals surface area contributed by atoms with Crippen molar-refractivity contribution in [1.82, 2.24) is 0 Å². The third-order valence-corrected chi connectivity index (χ3v) is 19.2. The lowest BCUT2D eigenvalue weighted by Crippen LogP contribution is -2.30. The van der Waals surface area contributed by atoms with Crippen LogP contribution in [0.3, 0.4) is 0 Å². The van der Waals surface area contributed by atoms with Gasteiger partial charge >= 0.3 is 39.5 Å². The number of hydrogen-bond acceptors (Lipinski definition) is 15. The number of phosphoric acid groups is 2. The molecule has 0 saturated carbocycles. The molecule has 0 aliphatic carbocycles. The summed E-state index contributed by atoms with van der Waals surface area (Å²) in [7, 11) is -9.96. The summed E-state index contributed by atoms with van der Waals surface area (Å²) in [5.41, 5.74) is 0. The number of carbonyl (C=O) groups is 4. The van der Waals surface area contributed by atoms with E-state index in [1.807, 2.05) is 0 Å². The maximum absolute atomic E-state index is 13.1. The third-order valence-electron chi connectivity index (χ3n) is 17.3. The number of unbranched alkanes of at least 4 members (excludes halogenated alkanes) is 37. The van der Waals surface area contributed by atoms with Crippen molar-refractivity contribution >= 4 is 39.5 Å². The van der Waals surface area contributed by atoms with Crippen LogP contribution in [0.5, 0.6) is 0 Å². The molecular weight excluding hydrogens is 1330 g/mol. The summed E-state index contributed by atoms with van der Waals surface area (Å²) < 4.78 is 68.6. The zero-order chi connectivity index (χ0) is 74.6. The van der Waals surface area contributed by atoms with E-state index in [0.29, 0.717) is 25.7 Å². The van der Waals surface area contributed by atoms with Crippen LogP contribution in [0.15, 0.2) is 85.1 Å². The second-order valence-electron chi connectivity index (χ2n) is 27.3. The van der Waals surface area contributed by atoms with E-state index in [1.54, 1.807) is 0 Å². The Bertz CT molecular complexity index is 2260. The number of esters is 4. The molecule has 17 nitrogen and oxygen atoms in total. The molecule has 0 aromatic carbocycles. The zero-order valence-corrected chi connectivity index (χ0v) is 66.6. The van der Waals surface area contributed by atoms with Crippen LogP contribution in [0.1, 0.15) is 362 Å². The van der Waals surface area contributed by atoms with Gasteiger partial charge in [-0.3, -0.25) is 37.3 Å². The van der Waals surface area contributed by atoms with Crippen LogP contribution in [-0.4, -0.2) is 96.7 Å².